The maximum Gasteiger partial charge on any atom is 0.320 e. The first-order valence-electron chi connectivity index (χ1n) is 18.7. The number of aliphatic hydroxyl groups excluding tert-OH is 7. The SMILES string of the molecule is O=C(CCC(C(=O)O)N1CCN(C(CCC(=O)NCC(O)CO)C(=O)O)Cc2cccc(n2)CN(C(CCC(=O)NCC(O)CO)C(O)O)CC1)NCC(O)CO. The van der Waals surface area contributed by atoms with Gasteiger partial charge in [-0.25, -0.2) is 0 Å². The summed E-state index contributed by atoms with van der Waals surface area (Å²) in [4.78, 5) is 72.4. The molecule has 2 bridgehead atoms. The molecule has 22 heteroatoms. The molecule has 3 amide bonds. The molecule has 22 nitrogen and oxygen atoms in total. The fourth-order valence-corrected chi connectivity index (χ4v) is 6.18. The summed E-state index contributed by atoms with van der Waals surface area (Å²) in [6.45, 7) is -2.85. The highest BCUT2D eigenvalue weighted by Crippen LogP contribution is 2.20. The van der Waals surface area contributed by atoms with Crippen molar-refractivity contribution in [1.82, 2.24) is 35.6 Å². The van der Waals surface area contributed by atoms with Gasteiger partial charge >= 0.3 is 11.9 Å². The Bertz CT molecular complexity index is 1410. The number of aromatic nitrogens is 1. The number of carboxylic acid groups (broad SMARTS) is 2. The summed E-state index contributed by atoms with van der Waals surface area (Å²) in [6, 6.07) is 1.29. The van der Waals surface area contributed by atoms with Crippen LogP contribution in [0.2, 0.25) is 0 Å². The molecule has 6 unspecified atom stereocenters. The number of aliphatic hydroxyl groups is 8. The number of amides is 3. The number of carboxylic acids is 2. The van der Waals surface area contributed by atoms with Gasteiger partial charge in [-0.2, -0.15) is 0 Å². The van der Waals surface area contributed by atoms with E-state index in [1.165, 1.54) is 9.80 Å². The molecule has 0 aliphatic carbocycles. The summed E-state index contributed by atoms with van der Waals surface area (Å²) >= 11 is 0. The zero-order chi connectivity index (χ0) is 42.5. The zero-order valence-electron chi connectivity index (χ0n) is 31.8. The average molecular weight is 818 g/mol. The predicted molar refractivity (Wildman–Crippen MR) is 198 cm³/mol. The molecule has 0 spiro atoms. The molecule has 1 aromatic rings. The molecule has 57 heavy (non-hydrogen) atoms. The van der Waals surface area contributed by atoms with Crippen molar-refractivity contribution in [3.05, 3.63) is 29.6 Å². The Morgan fingerprint density at radius 1 is 0.579 bits per heavy atom. The summed E-state index contributed by atoms with van der Waals surface area (Å²) in [5.41, 5.74) is 0.826. The van der Waals surface area contributed by atoms with E-state index in [1.54, 1.807) is 23.1 Å². The molecule has 13 N–H and O–H groups in total. The van der Waals surface area contributed by atoms with Crippen LogP contribution in [0.5, 0.6) is 0 Å². The summed E-state index contributed by atoms with van der Waals surface area (Å²) in [6.07, 6.45) is -6.88. The lowest BCUT2D eigenvalue weighted by Gasteiger charge is -2.38. The van der Waals surface area contributed by atoms with Crippen LogP contribution in [0.3, 0.4) is 0 Å². The highest BCUT2D eigenvalue weighted by Gasteiger charge is 2.33. The third kappa shape index (κ3) is 18.5. The van der Waals surface area contributed by atoms with Crippen LogP contribution in [-0.2, 0) is 37.1 Å². The number of hydrogen-bond donors (Lipinski definition) is 13. The topological polar surface area (TPSA) is 346 Å². The quantitative estimate of drug-likeness (QED) is 0.0432. The smallest absolute Gasteiger partial charge is 0.320 e. The van der Waals surface area contributed by atoms with Crippen molar-refractivity contribution in [1.29, 1.82) is 0 Å². The lowest BCUT2D eigenvalue weighted by atomic mass is 10.1. The maximum absolute atomic E-state index is 12.8. The molecule has 0 fully saturated rings. The highest BCUT2D eigenvalue weighted by molar-refractivity contribution is 5.79. The predicted octanol–water partition coefficient (Wildman–Crippen LogP) is -5.66. The van der Waals surface area contributed by atoms with Gasteiger partial charge in [-0.15, -0.1) is 0 Å². The Hall–Kier alpha value is -3.94. The second-order valence-electron chi connectivity index (χ2n) is 13.8. The van der Waals surface area contributed by atoms with Crippen molar-refractivity contribution in [2.45, 2.75) is 94.3 Å². The first-order valence-corrected chi connectivity index (χ1v) is 18.7. The van der Waals surface area contributed by atoms with Crippen molar-refractivity contribution in [2.75, 3.05) is 65.6 Å². The van der Waals surface area contributed by atoms with Crippen LogP contribution in [0.25, 0.3) is 0 Å². The van der Waals surface area contributed by atoms with Gasteiger partial charge in [0.2, 0.25) is 17.7 Å². The minimum Gasteiger partial charge on any atom is -0.480 e. The van der Waals surface area contributed by atoms with Gasteiger partial charge < -0.3 is 67.0 Å². The number of nitrogens with one attached hydrogen (secondary N) is 3. The number of carbonyl (C=O) groups is 5. The van der Waals surface area contributed by atoms with Gasteiger partial charge in [-0.3, -0.25) is 43.7 Å². The fraction of sp³-hybridized carbons (Fsp3) is 0.714. The Morgan fingerprint density at radius 3 is 1.35 bits per heavy atom. The number of aliphatic carboxylic acids is 2. The number of nitrogens with zero attached hydrogens (tertiary/aromatic N) is 4. The van der Waals surface area contributed by atoms with E-state index in [2.05, 4.69) is 20.9 Å². The van der Waals surface area contributed by atoms with Crippen LogP contribution in [0.15, 0.2) is 18.2 Å². The Morgan fingerprint density at radius 2 is 0.947 bits per heavy atom. The molecule has 0 radical (unpaired) electrons. The van der Waals surface area contributed by atoms with Crippen molar-refractivity contribution < 1.29 is 75.0 Å². The molecule has 2 heterocycles. The van der Waals surface area contributed by atoms with E-state index in [0.717, 1.165) is 0 Å². The standard InChI is InChI=1S/C35H59N7O15/c43-19-24(46)14-36-30(49)7-4-27(33(52)53)40-10-12-41(28(34(54)55)5-8-31(50)37-15-25(47)20-44)17-22-2-1-3-23(39-22)18-42(13-11-40)29(35(56)57)6-9-32(51)38-16-26(48)21-45/h1-3,24-29,34,43-48,54-55H,4-21H2,(H,36,49)(H,37,50)(H,38,51)(H,52,53)(H,56,57). The second kappa shape index (κ2) is 26.1. The van der Waals surface area contributed by atoms with Crippen molar-refractivity contribution in [3.8, 4) is 0 Å². The van der Waals surface area contributed by atoms with E-state index < -0.39 is 92.2 Å². The number of carbonyl (C=O) groups excluding carboxylic acids is 3. The third-order valence-corrected chi connectivity index (χ3v) is 9.40. The first kappa shape index (κ1) is 49.2. The Kier molecular flexibility index (Phi) is 22.6. The first-order chi connectivity index (χ1) is 27.1. The van der Waals surface area contributed by atoms with Crippen molar-refractivity contribution in [3.63, 3.8) is 0 Å². The molecule has 1 aliphatic heterocycles. The van der Waals surface area contributed by atoms with Crippen molar-refractivity contribution in [2.24, 2.45) is 0 Å². The Labute approximate surface area is 329 Å². The number of pyridine rings is 1. The van der Waals surface area contributed by atoms with Crippen LogP contribution in [0, 0.1) is 0 Å². The van der Waals surface area contributed by atoms with Gasteiger partial charge in [0, 0.05) is 78.2 Å². The van der Waals surface area contributed by atoms with Crippen molar-refractivity contribution >= 4 is 29.7 Å². The normalized spacial score (nSPS) is 17.9. The molecular formula is C35H59N7O15. The lowest BCUT2D eigenvalue weighted by molar-refractivity contribution is -0.147. The van der Waals surface area contributed by atoms with Crippen LogP contribution in [0.1, 0.15) is 49.9 Å². The summed E-state index contributed by atoms with van der Waals surface area (Å²) in [5, 5.41) is 105. The van der Waals surface area contributed by atoms with Gasteiger partial charge in [-0.05, 0) is 31.4 Å². The summed E-state index contributed by atoms with van der Waals surface area (Å²) < 4.78 is 0. The molecule has 0 aromatic carbocycles. The van der Waals surface area contributed by atoms with Crippen LogP contribution >= 0.6 is 0 Å². The van der Waals surface area contributed by atoms with Gasteiger partial charge in [0.25, 0.3) is 0 Å². The molecule has 0 saturated carbocycles. The number of hydrogen-bond acceptors (Lipinski definition) is 17. The minimum absolute atomic E-state index is 0.0235. The van der Waals surface area contributed by atoms with Gasteiger partial charge in [-0.1, -0.05) is 6.07 Å². The van der Waals surface area contributed by atoms with E-state index >= 15 is 0 Å². The molecule has 1 aliphatic rings. The summed E-state index contributed by atoms with van der Waals surface area (Å²) in [5.74, 6) is -4.28. The zero-order valence-corrected chi connectivity index (χ0v) is 31.8. The lowest BCUT2D eigenvalue weighted by Crippen LogP contribution is -2.53. The van der Waals surface area contributed by atoms with E-state index in [1.807, 2.05) is 0 Å². The van der Waals surface area contributed by atoms with Crippen LogP contribution in [-0.4, -0.2) is 209 Å². The van der Waals surface area contributed by atoms with Gasteiger partial charge in [0.1, 0.15) is 12.1 Å². The van der Waals surface area contributed by atoms with Crippen LogP contribution in [0.4, 0.5) is 0 Å². The van der Waals surface area contributed by atoms with E-state index in [4.69, 9.17) is 15.3 Å². The average Bonchev–Trinajstić information content (AvgIpc) is 3.17. The van der Waals surface area contributed by atoms with E-state index in [-0.39, 0.29) is 97.4 Å². The third-order valence-electron chi connectivity index (χ3n) is 9.40. The maximum atomic E-state index is 12.8. The monoisotopic (exact) mass is 817 g/mol. The van der Waals surface area contributed by atoms with Gasteiger partial charge in [0.15, 0.2) is 6.29 Å². The number of fused-ring (bicyclic) bond motifs is 2. The molecule has 6 atom stereocenters. The second-order valence-corrected chi connectivity index (χ2v) is 13.8. The minimum atomic E-state index is -1.98. The Balaban J connectivity index is 2.48. The van der Waals surface area contributed by atoms with Gasteiger partial charge in [0.05, 0.1) is 55.6 Å². The molecule has 0 saturated heterocycles. The molecular weight excluding hydrogens is 758 g/mol. The van der Waals surface area contributed by atoms with Crippen LogP contribution < -0.4 is 16.0 Å². The summed E-state index contributed by atoms with van der Waals surface area (Å²) in [7, 11) is 0. The molecule has 324 valence electrons. The highest BCUT2D eigenvalue weighted by atomic mass is 16.5. The molecule has 1 aromatic heterocycles. The van der Waals surface area contributed by atoms with E-state index in [9.17, 15) is 59.7 Å². The fourth-order valence-electron chi connectivity index (χ4n) is 6.18. The number of rotatable bonds is 24. The van der Waals surface area contributed by atoms with E-state index in [0.29, 0.717) is 11.4 Å². The molecule has 2 rings (SSSR count). The largest absolute Gasteiger partial charge is 0.480 e.